The molecule has 0 amide bonds. The van der Waals surface area contributed by atoms with Crippen LogP contribution in [0.3, 0.4) is 0 Å². The molecule has 146 valence electrons. The highest BCUT2D eigenvalue weighted by molar-refractivity contribution is 5.44. The first-order valence-electron chi connectivity index (χ1n) is 9.25. The first kappa shape index (κ1) is 19.5. The van der Waals surface area contributed by atoms with E-state index >= 15 is 0 Å². The molecular formula is C20H24N6O2. The summed E-state index contributed by atoms with van der Waals surface area (Å²) in [5, 5.41) is 11.3. The van der Waals surface area contributed by atoms with E-state index in [1.54, 1.807) is 6.92 Å². The number of benzene rings is 1. The van der Waals surface area contributed by atoms with Gasteiger partial charge >= 0.3 is 5.56 Å². The van der Waals surface area contributed by atoms with E-state index in [9.17, 15) is 4.79 Å². The number of hydrogen-bond donors (Lipinski definition) is 1. The molecule has 0 bridgehead atoms. The van der Waals surface area contributed by atoms with Crippen molar-refractivity contribution in [2.45, 2.75) is 41.0 Å². The number of aromatic nitrogens is 4. The molecule has 0 fully saturated rings. The summed E-state index contributed by atoms with van der Waals surface area (Å²) in [4.78, 5) is 21.8. The molecule has 0 saturated carbocycles. The molecule has 3 rings (SSSR count). The van der Waals surface area contributed by atoms with Crippen LogP contribution in [0.15, 0.2) is 39.3 Å². The second-order valence-electron chi connectivity index (χ2n) is 6.44. The number of nitrogens with one attached hydrogen (secondary N) is 1. The molecule has 2 heterocycles. The molecule has 3 aromatic rings. The van der Waals surface area contributed by atoms with Gasteiger partial charge in [-0.25, -0.2) is 4.98 Å². The fraction of sp³-hybridized carbons (Fsp3) is 0.350. The van der Waals surface area contributed by atoms with E-state index in [2.05, 4.69) is 25.3 Å². The molecular weight excluding hydrogens is 356 g/mol. The zero-order valence-corrected chi connectivity index (χ0v) is 16.8. The van der Waals surface area contributed by atoms with E-state index in [-0.39, 0.29) is 17.2 Å². The van der Waals surface area contributed by atoms with Crippen LogP contribution in [0, 0.1) is 20.8 Å². The third kappa shape index (κ3) is 3.85. The summed E-state index contributed by atoms with van der Waals surface area (Å²) >= 11 is 0. The lowest BCUT2D eigenvalue weighted by Gasteiger charge is -2.11. The Balaban J connectivity index is 2.02. The minimum absolute atomic E-state index is 0.222. The Kier molecular flexibility index (Phi) is 5.67. The Morgan fingerprint density at radius 3 is 2.43 bits per heavy atom. The summed E-state index contributed by atoms with van der Waals surface area (Å²) in [7, 11) is 0. The van der Waals surface area contributed by atoms with Crippen molar-refractivity contribution in [3.8, 4) is 11.8 Å². The predicted octanol–water partition coefficient (Wildman–Crippen LogP) is 4.26. The molecule has 0 aliphatic rings. The lowest BCUT2D eigenvalue weighted by Crippen LogP contribution is -2.19. The fourth-order valence-corrected chi connectivity index (χ4v) is 2.83. The van der Waals surface area contributed by atoms with Crippen molar-refractivity contribution < 1.29 is 4.74 Å². The Labute approximate surface area is 163 Å². The van der Waals surface area contributed by atoms with E-state index in [1.165, 1.54) is 4.68 Å². The van der Waals surface area contributed by atoms with Gasteiger partial charge in [0.1, 0.15) is 0 Å². The highest BCUT2D eigenvalue weighted by Crippen LogP contribution is 2.22. The maximum absolute atomic E-state index is 12.9. The molecule has 0 atom stereocenters. The third-order valence-electron chi connectivity index (χ3n) is 4.34. The Morgan fingerprint density at radius 2 is 1.79 bits per heavy atom. The van der Waals surface area contributed by atoms with Gasteiger partial charge < -0.3 is 4.74 Å². The van der Waals surface area contributed by atoms with Crippen molar-refractivity contribution in [3.63, 3.8) is 0 Å². The van der Waals surface area contributed by atoms with Crippen LogP contribution in [0.2, 0.25) is 0 Å². The van der Waals surface area contributed by atoms with Crippen molar-refractivity contribution >= 4 is 11.4 Å². The summed E-state index contributed by atoms with van der Waals surface area (Å²) in [5.74, 6) is 0.720. The van der Waals surface area contributed by atoms with Crippen LogP contribution >= 0.6 is 0 Å². The quantitative estimate of drug-likeness (QED) is 0.646. The SMILES string of the molecule is CCOc1nc(-n2[nH]c(C)c(N=Nc3ccc(C)cc3)c2=O)nc(C)c1CC. The molecule has 8 heteroatoms. The minimum atomic E-state index is -0.362. The van der Waals surface area contributed by atoms with Crippen LogP contribution in [-0.4, -0.2) is 26.4 Å². The van der Waals surface area contributed by atoms with Crippen LogP contribution in [0.25, 0.3) is 5.95 Å². The molecule has 0 saturated heterocycles. The largest absolute Gasteiger partial charge is 0.478 e. The lowest BCUT2D eigenvalue weighted by atomic mass is 10.2. The van der Waals surface area contributed by atoms with Crippen LogP contribution in [0.5, 0.6) is 5.88 Å². The number of H-pyrrole nitrogens is 1. The molecule has 0 spiro atoms. The van der Waals surface area contributed by atoms with Crippen LogP contribution < -0.4 is 10.3 Å². The Morgan fingerprint density at radius 1 is 1.07 bits per heavy atom. The molecule has 0 radical (unpaired) electrons. The summed E-state index contributed by atoms with van der Waals surface area (Å²) in [6.07, 6.45) is 0.746. The number of azo groups is 1. The van der Waals surface area contributed by atoms with Gasteiger partial charge in [-0.05, 0) is 46.2 Å². The zero-order chi connectivity index (χ0) is 20.3. The number of nitrogens with zero attached hydrogens (tertiary/aromatic N) is 5. The summed E-state index contributed by atoms with van der Waals surface area (Å²) in [6.45, 7) is 10.0. The monoisotopic (exact) mass is 380 g/mol. The molecule has 28 heavy (non-hydrogen) atoms. The van der Waals surface area contributed by atoms with Gasteiger partial charge in [0, 0.05) is 11.3 Å². The third-order valence-corrected chi connectivity index (χ3v) is 4.34. The highest BCUT2D eigenvalue weighted by Gasteiger charge is 2.18. The standard InChI is InChI=1S/C20H24N6O2/c1-6-16-13(4)21-20(22-18(16)28-7-2)26-19(27)17(14(5)25-26)24-23-15-10-8-12(3)9-11-15/h8-11,25H,6-7H2,1-5H3. The zero-order valence-electron chi connectivity index (χ0n) is 16.8. The van der Waals surface area contributed by atoms with Crippen molar-refractivity contribution in [1.29, 1.82) is 0 Å². The van der Waals surface area contributed by atoms with Gasteiger partial charge in [0.15, 0.2) is 5.69 Å². The average molecular weight is 380 g/mol. The van der Waals surface area contributed by atoms with Gasteiger partial charge in [0.05, 0.1) is 18.0 Å². The number of aromatic amines is 1. The first-order chi connectivity index (χ1) is 13.4. The number of ether oxygens (including phenoxy) is 1. The van der Waals surface area contributed by atoms with Gasteiger partial charge in [-0.2, -0.15) is 14.8 Å². The number of hydrogen-bond acceptors (Lipinski definition) is 6. The number of rotatable bonds is 6. The molecule has 2 aromatic heterocycles. The van der Waals surface area contributed by atoms with Crippen LogP contribution in [0.1, 0.15) is 36.4 Å². The first-order valence-corrected chi connectivity index (χ1v) is 9.25. The van der Waals surface area contributed by atoms with Crippen LogP contribution in [0.4, 0.5) is 11.4 Å². The molecule has 8 nitrogen and oxygen atoms in total. The molecule has 0 unspecified atom stereocenters. The number of aryl methyl sites for hydroxylation is 3. The van der Waals surface area contributed by atoms with Gasteiger partial charge in [-0.3, -0.25) is 9.89 Å². The van der Waals surface area contributed by atoms with Gasteiger partial charge in [-0.1, -0.05) is 24.6 Å². The van der Waals surface area contributed by atoms with Gasteiger partial charge in [0.2, 0.25) is 5.88 Å². The van der Waals surface area contributed by atoms with E-state index in [1.807, 2.05) is 52.0 Å². The molecule has 1 aromatic carbocycles. The van der Waals surface area contributed by atoms with E-state index in [0.717, 1.165) is 23.2 Å². The van der Waals surface area contributed by atoms with E-state index in [4.69, 9.17) is 4.74 Å². The van der Waals surface area contributed by atoms with Crippen molar-refractivity contribution in [3.05, 3.63) is 57.1 Å². The predicted molar refractivity (Wildman–Crippen MR) is 107 cm³/mol. The average Bonchev–Trinajstić information content (AvgIpc) is 2.95. The van der Waals surface area contributed by atoms with E-state index < -0.39 is 0 Å². The van der Waals surface area contributed by atoms with Crippen molar-refractivity contribution in [1.82, 2.24) is 19.7 Å². The molecule has 0 aliphatic heterocycles. The second kappa shape index (κ2) is 8.16. The second-order valence-corrected chi connectivity index (χ2v) is 6.44. The summed E-state index contributed by atoms with van der Waals surface area (Å²) < 4.78 is 6.91. The van der Waals surface area contributed by atoms with Crippen LogP contribution in [-0.2, 0) is 6.42 Å². The lowest BCUT2D eigenvalue weighted by molar-refractivity contribution is 0.321. The van der Waals surface area contributed by atoms with Gasteiger partial charge in [0.25, 0.3) is 5.95 Å². The molecule has 1 N–H and O–H groups in total. The van der Waals surface area contributed by atoms with Crippen molar-refractivity contribution in [2.24, 2.45) is 10.2 Å². The Hall–Kier alpha value is -3.29. The molecule has 0 aliphatic carbocycles. The maximum Gasteiger partial charge on any atom is 0.301 e. The summed E-state index contributed by atoms with van der Waals surface area (Å²) in [5.41, 5.74) is 3.96. The normalized spacial score (nSPS) is 11.3. The van der Waals surface area contributed by atoms with Gasteiger partial charge in [-0.15, -0.1) is 5.11 Å². The topological polar surface area (TPSA) is 97.5 Å². The smallest absolute Gasteiger partial charge is 0.301 e. The highest BCUT2D eigenvalue weighted by atomic mass is 16.5. The van der Waals surface area contributed by atoms with Crippen molar-refractivity contribution in [2.75, 3.05) is 6.61 Å². The summed E-state index contributed by atoms with van der Waals surface area (Å²) in [6, 6.07) is 7.59. The fourth-order valence-electron chi connectivity index (χ4n) is 2.83. The van der Waals surface area contributed by atoms with E-state index in [0.29, 0.717) is 23.9 Å². The minimum Gasteiger partial charge on any atom is -0.478 e. The maximum atomic E-state index is 12.9. The Bertz CT molecular complexity index is 1060.